The highest BCUT2D eigenvalue weighted by molar-refractivity contribution is 8.00. The van der Waals surface area contributed by atoms with E-state index < -0.39 is 15.6 Å². The minimum Gasteiger partial charge on any atom is -0.481 e. The van der Waals surface area contributed by atoms with Crippen molar-refractivity contribution in [2.75, 3.05) is 33.2 Å². The van der Waals surface area contributed by atoms with Crippen molar-refractivity contribution in [1.29, 1.82) is 0 Å². The number of carboxylic acid groups (broad SMARTS) is 1. The van der Waals surface area contributed by atoms with Gasteiger partial charge in [-0.1, -0.05) is 71.9 Å². The van der Waals surface area contributed by atoms with Crippen LogP contribution in [0.25, 0.3) is 16.7 Å². The van der Waals surface area contributed by atoms with E-state index in [9.17, 15) is 9.90 Å². The molecule has 2 unspecified atom stereocenters. The molecule has 0 amide bonds. The molecular formula is C37H38Cl2N4O3S. The summed E-state index contributed by atoms with van der Waals surface area (Å²) in [6.07, 6.45) is 11.0. The summed E-state index contributed by atoms with van der Waals surface area (Å²) in [5.74, 6) is -0.158. The van der Waals surface area contributed by atoms with Crippen LogP contribution < -0.4 is 0 Å². The normalized spacial score (nSPS) is 25.8. The number of oxazole rings is 1. The summed E-state index contributed by atoms with van der Waals surface area (Å²) in [5, 5.41) is 10.8. The van der Waals surface area contributed by atoms with Gasteiger partial charge < -0.3 is 14.4 Å². The summed E-state index contributed by atoms with van der Waals surface area (Å²) >= 11 is 16.2. The van der Waals surface area contributed by atoms with Crippen molar-refractivity contribution in [2.45, 2.75) is 53.3 Å². The lowest BCUT2D eigenvalue weighted by Gasteiger charge is -2.43. The molecule has 2 fully saturated rings. The van der Waals surface area contributed by atoms with Crippen molar-refractivity contribution in [3.8, 4) is 0 Å². The van der Waals surface area contributed by atoms with Crippen LogP contribution in [-0.2, 0) is 16.1 Å². The topological polar surface area (TPSA) is 82.7 Å². The maximum Gasteiger partial charge on any atom is 0.307 e. The quantitative estimate of drug-likeness (QED) is 0.185. The molecular weight excluding hydrogens is 651 g/mol. The molecule has 2 saturated heterocycles. The number of hydrogen-bond acceptors (Lipinski definition) is 7. The smallest absolute Gasteiger partial charge is 0.307 e. The minimum absolute atomic E-state index is 0.345. The van der Waals surface area contributed by atoms with Crippen LogP contribution in [0.4, 0.5) is 0 Å². The summed E-state index contributed by atoms with van der Waals surface area (Å²) in [7, 11) is 2.18. The number of piperidine rings is 1. The zero-order valence-electron chi connectivity index (χ0n) is 26.5. The van der Waals surface area contributed by atoms with Gasteiger partial charge in [0, 0.05) is 19.3 Å². The van der Waals surface area contributed by atoms with Gasteiger partial charge in [0.2, 0.25) is 5.89 Å². The Morgan fingerprint density at radius 3 is 2.64 bits per heavy atom. The van der Waals surface area contributed by atoms with Gasteiger partial charge in [0.05, 0.1) is 20.8 Å². The summed E-state index contributed by atoms with van der Waals surface area (Å²) in [6, 6.07) is 18.4. The summed E-state index contributed by atoms with van der Waals surface area (Å²) in [4.78, 5) is 25.0. The summed E-state index contributed by atoms with van der Waals surface area (Å²) < 4.78 is 5.64. The fourth-order valence-corrected chi connectivity index (χ4v) is 9.17. The molecule has 2 aliphatic heterocycles. The SMILES string of the molecule is CN1CCC(c2ccnc(SC3(c4nc5cc(CN6CC[C@@H](C(=O)O)C6)cc(Cl)c5o4)C=CC=C(c4ccccc4)C3(C)Cl)c2)CC1. The molecule has 2 aromatic carbocycles. The van der Waals surface area contributed by atoms with E-state index in [2.05, 4.69) is 53.3 Å². The van der Waals surface area contributed by atoms with Crippen molar-refractivity contribution in [1.82, 2.24) is 19.8 Å². The van der Waals surface area contributed by atoms with E-state index in [0.29, 0.717) is 47.4 Å². The molecule has 4 aromatic rings. The number of fused-ring (bicyclic) bond motifs is 1. The number of pyridine rings is 1. The Morgan fingerprint density at radius 2 is 1.89 bits per heavy atom. The zero-order chi connectivity index (χ0) is 32.8. The Balaban J connectivity index is 1.28. The molecule has 0 bridgehead atoms. The van der Waals surface area contributed by atoms with Gasteiger partial charge in [0.15, 0.2) is 5.58 Å². The standard InChI is InChI=1S/C37H38Cl2N4O3S/c1-36(39)29(26-7-4-3-5-8-26)9-6-14-37(36,47-32-21-27(10-15-40-32)25-11-16-42(2)17-12-25)35-41-31-20-24(19-30(38)33(31)46-35)22-43-18-13-28(23-43)34(44)45/h3-10,14-15,19-21,25,28H,11-13,16-18,22-23H2,1-2H3,(H,44,45)/t28-,36?,37?/m1/s1. The van der Waals surface area contributed by atoms with Crippen LogP contribution in [0, 0.1) is 5.92 Å². The largest absolute Gasteiger partial charge is 0.481 e. The molecule has 7 rings (SSSR count). The molecule has 1 N–H and O–H groups in total. The molecule has 1 aliphatic carbocycles. The number of halogens is 2. The van der Waals surface area contributed by atoms with Gasteiger partial charge >= 0.3 is 5.97 Å². The van der Waals surface area contributed by atoms with Gasteiger partial charge in [-0.3, -0.25) is 9.69 Å². The molecule has 10 heteroatoms. The third-order valence-electron chi connectivity index (χ3n) is 9.95. The highest BCUT2D eigenvalue weighted by Crippen LogP contribution is 2.59. The number of benzene rings is 2. The van der Waals surface area contributed by atoms with E-state index in [-0.39, 0.29) is 5.92 Å². The number of thioether (sulfide) groups is 1. The van der Waals surface area contributed by atoms with Crippen molar-refractivity contribution in [2.24, 2.45) is 5.92 Å². The summed E-state index contributed by atoms with van der Waals surface area (Å²) in [6.45, 7) is 6.02. The van der Waals surface area contributed by atoms with Crippen LogP contribution in [0.1, 0.15) is 54.7 Å². The van der Waals surface area contributed by atoms with Crippen LogP contribution in [-0.4, -0.2) is 68.9 Å². The Hall–Kier alpha value is -3.14. The van der Waals surface area contributed by atoms with E-state index in [1.54, 1.807) is 11.8 Å². The number of allylic oxidation sites excluding steroid dienone is 3. The van der Waals surface area contributed by atoms with Gasteiger partial charge in [0.25, 0.3) is 0 Å². The number of likely N-dealkylation sites (tertiary alicyclic amines) is 2. The predicted octanol–water partition coefficient (Wildman–Crippen LogP) is 8.23. The molecule has 0 radical (unpaired) electrons. The predicted molar refractivity (Wildman–Crippen MR) is 189 cm³/mol. The van der Waals surface area contributed by atoms with Gasteiger partial charge in [-0.25, -0.2) is 9.97 Å². The number of carbonyl (C=O) groups is 1. The van der Waals surface area contributed by atoms with Crippen LogP contribution in [0.2, 0.25) is 5.02 Å². The monoisotopic (exact) mass is 688 g/mol. The zero-order valence-corrected chi connectivity index (χ0v) is 28.9. The Kier molecular flexibility index (Phi) is 9.00. The Morgan fingerprint density at radius 1 is 1.11 bits per heavy atom. The molecule has 2 aromatic heterocycles. The lowest BCUT2D eigenvalue weighted by Crippen LogP contribution is -2.44. The number of aliphatic carboxylic acids is 1. The second-order valence-corrected chi connectivity index (χ2v) is 15.6. The molecule has 47 heavy (non-hydrogen) atoms. The van der Waals surface area contributed by atoms with Gasteiger partial charge in [0.1, 0.15) is 10.3 Å². The first-order chi connectivity index (χ1) is 22.6. The van der Waals surface area contributed by atoms with E-state index >= 15 is 0 Å². The number of carboxylic acids is 1. The fraction of sp³-hybridized carbons (Fsp3) is 0.378. The van der Waals surface area contributed by atoms with Crippen molar-refractivity contribution < 1.29 is 14.3 Å². The highest BCUT2D eigenvalue weighted by atomic mass is 35.5. The fourth-order valence-electron chi connectivity index (χ4n) is 7.20. The van der Waals surface area contributed by atoms with Crippen LogP contribution >= 0.6 is 35.0 Å². The van der Waals surface area contributed by atoms with Crippen LogP contribution in [0.5, 0.6) is 0 Å². The second kappa shape index (κ2) is 13.1. The number of aromatic nitrogens is 2. The maximum absolute atomic E-state index is 11.5. The van der Waals surface area contributed by atoms with Crippen molar-refractivity contribution in [3.63, 3.8) is 0 Å². The number of rotatable bonds is 8. The van der Waals surface area contributed by atoms with Crippen LogP contribution in [0.15, 0.2) is 88.5 Å². The molecule has 244 valence electrons. The molecule has 4 heterocycles. The van der Waals surface area contributed by atoms with Gasteiger partial charge in [-0.2, -0.15) is 0 Å². The third-order valence-corrected chi connectivity index (χ3v) is 12.3. The number of nitrogens with zero attached hydrogens (tertiary/aromatic N) is 4. The molecule has 3 atom stereocenters. The first-order valence-electron chi connectivity index (χ1n) is 16.2. The number of hydrogen-bond donors (Lipinski definition) is 1. The Bertz CT molecular complexity index is 1850. The number of alkyl halides is 1. The molecule has 0 saturated carbocycles. The van der Waals surface area contributed by atoms with Crippen molar-refractivity contribution >= 4 is 57.6 Å². The average Bonchev–Trinajstić information content (AvgIpc) is 3.71. The lowest BCUT2D eigenvalue weighted by molar-refractivity contribution is -0.141. The van der Waals surface area contributed by atoms with Gasteiger partial charge in [-0.15, -0.1) is 11.6 Å². The maximum atomic E-state index is 11.5. The first-order valence-corrected chi connectivity index (χ1v) is 17.7. The van der Waals surface area contributed by atoms with Crippen molar-refractivity contribution in [3.05, 3.63) is 107 Å². The Labute approximate surface area is 289 Å². The molecule has 3 aliphatic rings. The van der Waals surface area contributed by atoms with Crippen LogP contribution in [0.3, 0.4) is 0 Å². The first kappa shape index (κ1) is 32.4. The summed E-state index contributed by atoms with van der Waals surface area (Å²) in [5.41, 5.74) is 5.37. The third kappa shape index (κ3) is 6.27. The second-order valence-electron chi connectivity index (χ2n) is 13.2. The van der Waals surface area contributed by atoms with E-state index in [1.807, 2.05) is 49.5 Å². The molecule has 0 spiro atoms. The van der Waals surface area contributed by atoms with Gasteiger partial charge in [-0.05, 0) is 105 Å². The van der Waals surface area contributed by atoms with E-state index in [0.717, 1.165) is 54.2 Å². The molecule has 7 nitrogen and oxygen atoms in total. The lowest BCUT2D eigenvalue weighted by atomic mass is 9.78. The van der Waals surface area contributed by atoms with E-state index in [4.69, 9.17) is 37.6 Å². The minimum atomic E-state index is -0.990. The van der Waals surface area contributed by atoms with E-state index in [1.165, 1.54) is 5.56 Å². The average molecular weight is 690 g/mol. The highest BCUT2D eigenvalue weighted by Gasteiger charge is 2.55.